The van der Waals surface area contributed by atoms with E-state index in [0.717, 1.165) is 12.8 Å². The van der Waals surface area contributed by atoms with Crippen molar-refractivity contribution in [3.05, 3.63) is 0 Å². The monoisotopic (exact) mass is 445 g/mol. The maximum Gasteiger partial charge on any atom is 0.217 e. The zero-order chi connectivity index (χ0) is 22.9. The number of unbranched alkanes of at least 4 members (excludes halogenated alkanes) is 13. The van der Waals surface area contributed by atoms with E-state index < -0.39 is 37.3 Å². The lowest BCUT2D eigenvalue weighted by atomic mass is 9.97. The molecule has 7 heteroatoms. The van der Waals surface area contributed by atoms with Gasteiger partial charge < -0.3 is 30.1 Å². The second-order valence-electron chi connectivity index (χ2n) is 8.90. The molecule has 1 aliphatic rings. The van der Waals surface area contributed by atoms with Gasteiger partial charge in [-0.2, -0.15) is 0 Å². The summed E-state index contributed by atoms with van der Waals surface area (Å²) >= 11 is 0. The van der Waals surface area contributed by atoms with Crippen LogP contribution < -0.4 is 5.32 Å². The summed E-state index contributed by atoms with van der Waals surface area (Å²) in [4.78, 5) is 11.4. The predicted octanol–water partition coefficient (Wildman–Crippen LogP) is 3.43. The van der Waals surface area contributed by atoms with Gasteiger partial charge in [0.15, 0.2) is 6.29 Å². The molecule has 1 fully saturated rings. The second kappa shape index (κ2) is 17.8. The third kappa shape index (κ3) is 12.2. The van der Waals surface area contributed by atoms with Crippen molar-refractivity contribution < 1.29 is 29.6 Å². The summed E-state index contributed by atoms with van der Waals surface area (Å²) in [5.41, 5.74) is 0. The van der Waals surface area contributed by atoms with Gasteiger partial charge in [-0.05, 0) is 6.42 Å². The van der Waals surface area contributed by atoms with Crippen LogP contribution in [0.1, 0.15) is 104 Å². The van der Waals surface area contributed by atoms with Crippen molar-refractivity contribution in [2.24, 2.45) is 0 Å². The van der Waals surface area contributed by atoms with Crippen LogP contribution in [0.2, 0.25) is 0 Å². The molecule has 1 heterocycles. The van der Waals surface area contributed by atoms with Crippen LogP contribution in [-0.4, -0.2) is 65.1 Å². The molecule has 0 unspecified atom stereocenters. The summed E-state index contributed by atoms with van der Waals surface area (Å²) < 4.78 is 11.3. The highest BCUT2D eigenvalue weighted by Crippen LogP contribution is 2.22. The molecule has 0 radical (unpaired) electrons. The van der Waals surface area contributed by atoms with E-state index >= 15 is 0 Å². The molecule has 1 amide bonds. The van der Waals surface area contributed by atoms with Crippen LogP contribution in [0.5, 0.6) is 0 Å². The highest BCUT2D eigenvalue weighted by molar-refractivity contribution is 5.73. The first kappa shape index (κ1) is 28.3. The van der Waals surface area contributed by atoms with Gasteiger partial charge in [0, 0.05) is 13.5 Å². The lowest BCUT2D eigenvalue weighted by Gasteiger charge is -2.42. The first-order chi connectivity index (χ1) is 15.0. The second-order valence-corrected chi connectivity index (χ2v) is 8.90. The summed E-state index contributed by atoms with van der Waals surface area (Å²) in [5, 5.41) is 32.2. The number of ether oxygens (including phenoxy) is 2. The van der Waals surface area contributed by atoms with Crippen LogP contribution >= 0.6 is 0 Å². The SMILES string of the molecule is CCCCCCCCCCCCCCCCO[C@@H]1O[C@@H](CO)[C@@H](O)[C@@H](O)[C@H]1NC(C)=O. The van der Waals surface area contributed by atoms with E-state index in [1.807, 2.05) is 0 Å². The van der Waals surface area contributed by atoms with Gasteiger partial charge in [0.1, 0.15) is 24.4 Å². The predicted molar refractivity (Wildman–Crippen MR) is 122 cm³/mol. The Morgan fingerprint density at radius 2 is 1.32 bits per heavy atom. The Labute approximate surface area is 188 Å². The molecule has 4 N–H and O–H groups in total. The van der Waals surface area contributed by atoms with Gasteiger partial charge in [-0.25, -0.2) is 0 Å². The summed E-state index contributed by atoms with van der Waals surface area (Å²) in [5.74, 6) is -0.340. The Morgan fingerprint density at radius 1 is 0.839 bits per heavy atom. The van der Waals surface area contributed by atoms with E-state index in [2.05, 4.69) is 12.2 Å². The average molecular weight is 446 g/mol. The van der Waals surface area contributed by atoms with Gasteiger partial charge in [-0.1, -0.05) is 90.4 Å². The van der Waals surface area contributed by atoms with Crippen LogP contribution in [0.25, 0.3) is 0 Å². The van der Waals surface area contributed by atoms with E-state index in [9.17, 15) is 20.1 Å². The maximum atomic E-state index is 11.4. The van der Waals surface area contributed by atoms with Crippen LogP contribution in [0.4, 0.5) is 0 Å². The fourth-order valence-corrected chi connectivity index (χ4v) is 4.11. The standard InChI is InChI=1S/C24H47NO6/c1-3-4-5-6-7-8-9-10-11-12-13-14-15-16-17-30-24-21(25-19(2)27)23(29)22(28)20(18-26)31-24/h20-24,26,28-29H,3-18H2,1-2H3,(H,25,27)/t20-,21+,22+,23-,24+/m0/s1. The first-order valence-corrected chi connectivity index (χ1v) is 12.5. The Balaban J connectivity index is 2.07. The molecule has 31 heavy (non-hydrogen) atoms. The van der Waals surface area contributed by atoms with Crippen molar-refractivity contribution in [3.8, 4) is 0 Å². The molecule has 5 atom stereocenters. The molecule has 0 aromatic heterocycles. The van der Waals surface area contributed by atoms with Gasteiger partial charge in [0.05, 0.1) is 6.61 Å². The van der Waals surface area contributed by atoms with Crippen molar-refractivity contribution in [1.82, 2.24) is 5.32 Å². The van der Waals surface area contributed by atoms with Gasteiger partial charge in [-0.15, -0.1) is 0 Å². The maximum absolute atomic E-state index is 11.4. The average Bonchev–Trinajstić information content (AvgIpc) is 2.75. The molecule has 0 aromatic carbocycles. The number of hydrogen-bond acceptors (Lipinski definition) is 6. The Hall–Kier alpha value is -0.730. The Kier molecular flexibility index (Phi) is 16.2. The summed E-state index contributed by atoms with van der Waals surface area (Å²) in [6.45, 7) is 3.61. The van der Waals surface area contributed by atoms with Crippen LogP contribution in [-0.2, 0) is 14.3 Å². The minimum atomic E-state index is -1.28. The number of carbonyl (C=O) groups excluding carboxylic acids is 1. The van der Waals surface area contributed by atoms with E-state index in [0.29, 0.717) is 6.61 Å². The van der Waals surface area contributed by atoms with Crippen molar-refractivity contribution >= 4 is 5.91 Å². The van der Waals surface area contributed by atoms with Crippen molar-refractivity contribution in [1.29, 1.82) is 0 Å². The molecule has 0 spiro atoms. The number of aliphatic hydroxyl groups excluding tert-OH is 3. The van der Waals surface area contributed by atoms with Crippen molar-refractivity contribution in [2.45, 2.75) is 134 Å². The summed E-state index contributed by atoms with van der Waals surface area (Å²) in [6.07, 6.45) is 13.6. The fraction of sp³-hybridized carbons (Fsp3) is 0.958. The highest BCUT2D eigenvalue weighted by Gasteiger charge is 2.45. The van der Waals surface area contributed by atoms with Crippen molar-refractivity contribution in [3.63, 3.8) is 0 Å². The summed E-state index contributed by atoms with van der Waals surface area (Å²) in [6, 6.07) is -0.859. The molecule has 0 aromatic rings. The number of nitrogens with one attached hydrogen (secondary N) is 1. The van der Waals surface area contributed by atoms with E-state index in [4.69, 9.17) is 9.47 Å². The molecule has 0 saturated carbocycles. The molecule has 1 saturated heterocycles. The number of hydrogen-bond donors (Lipinski definition) is 4. The first-order valence-electron chi connectivity index (χ1n) is 12.5. The minimum absolute atomic E-state index is 0.340. The lowest BCUT2D eigenvalue weighted by Crippen LogP contribution is -2.64. The molecule has 0 aliphatic carbocycles. The van der Waals surface area contributed by atoms with Gasteiger partial charge in [0.2, 0.25) is 5.91 Å². The smallest absolute Gasteiger partial charge is 0.217 e. The molecule has 1 aliphatic heterocycles. The normalized spacial score (nSPS) is 26.2. The molecular formula is C24H47NO6. The number of rotatable bonds is 18. The van der Waals surface area contributed by atoms with Gasteiger partial charge >= 0.3 is 0 Å². The van der Waals surface area contributed by atoms with E-state index in [-0.39, 0.29) is 5.91 Å². The number of carbonyl (C=O) groups is 1. The summed E-state index contributed by atoms with van der Waals surface area (Å²) in [7, 11) is 0. The Bertz CT molecular complexity index is 450. The third-order valence-electron chi connectivity index (χ3n) is 6.03. The zero-order valence-corrected chi connectivity index (χ0v) is 19.8. The molecule has 1 rings (SSSR count). The van der Waals surface area contributed by atoms with Gasteiger partial charge in [-0.3, -0.25) is 4.79 Å². The number of amides is 1. The third-order valence-corrected chi connectivity index (χ3v) is 6.03. The lowest BCUT2D eigenvalue weighted by molar-refractivity contribution is -0.270. The van der Waals surface area contributed by atoms with E-state index in [1.54, 1.807) is 0 Å². The number of aliphatic hydroxyl groups is 3. The molecule has 0 bridgehead atoms. The molecule has 184 valence electrons. The van der Waals surface area contributed by atoms with Crippen LogP contribution in [0.15, 0.2) is 0 Å². The highest BCUT2D eigenvalue weighted by atomic mass is 16.7. The van der Waals surface area contributed by atoms with Crippen LogP contribution in [0, 0.1) is 0 Å². The zero-order valence-electron chi connectivity index (χ0n) is 19.8. The minimum Gasteiger partial charge on any atom is -0.394 e. The van der Waals surface area contributed by atoms with Crippen molar-refractivity contribution in [2.75, 3.05) is 13.2 Å². The topological polar surface area (TPSA) is 108 Å². The fourth-order valence-electron chi connectivity index (χ4n) is 4.11. The molecular weight excluding hydrogens is 398 g/mol. The largest absolute Gasteiger partial charge is 0.394 e. The quantitative estimate of drug-likeness (QED) is 0.241. The Morgan fingerprint density at radius 3 is 1.77 bits per heavy atom. The van der Waals surface area contributed by atoms with Gasteiger partial charge in [0.25, 0.3) is 0 Å². The van der Waals surface area contributed by atoms with Crippen LogP contribution in [0.3, 0.4) is 0 Å². The van der Waals surface area contributed by atoms with E-state index in [1.165, 1.54) is 84.0 Å². The molecule has 7 nitrogen and oxygen atoms in total.